The molecule has 144 valence electrons. The Morgan fingerprint density at radius 3 is 2.57 bits per heavy atom. The predicted molar refractivity (Wildman–Crippen MR) is 109 cm³/mol. The molecule has 3 heterocycles. The highest BCUT2D eigenvalue weighted by molar-refractivity contribution is 7.71. The second-order valence-electron chi connectivity index (χ2n) is 6.51. The van der Waals surface area contributed by atoms with Crippen molar-refractivity contribution in [3.05, 3.63) is 64.8 Å². The molecule has 0 atom stereocenters. The molecule has 1 aliphatic heterocycles. The molecule has 1 fully saturated rings. The maximum atomic E-state index is 13.0. The van der Waals surface area contributed by atoms with E-state index in [1.807, 2.05) is 16.8 Å². The van der Waals surface area contributed by atoms with E-state index in [1.165, 1.54) is 12.1 Å². The number of aromatic nitrogens is 5. The third-order valence-electron chi connectivity index (χ3n) is 4.59. The smallest absolute Gasteiger partial charge is 0.217 e. The number of rotatable bonds is 5. The predicted octanol–water partition coefficient (Wildman–Crippen LogP) is 2.82. The average Bonchev–Trinajstić information content (AvgIpc) is 3.08. The van der Waals surface area contributed by atoms with Crippen LogP contribution in [0.2, 0.25) is 0 Å². The number of nitrogens with one attached hydrogen (secondary N) is 1. The molecule has 28 heavy (non-hydrogen) atoms. The van der Waals surface area contributed by atoms with Gasteiger partial charge in [-0.15, -0.1) is 0 Å². The van der Waals surface area contributed by atoms with Crippen LogP contribution in [0, 0.1) is 10.6 Å². The Balaban J connectivity index is 1.36. The first-order chi connectivity index (χ1) is 13.7. The summed E-state index contributed by atoms with van der Waals surface area (Å²) < 4.78 is 15.3. The Kier molecular flexibility index (Phi) is 5.54. The first kappa shape index (κ1) is 18.5. The van der Waals surface area contributed by atoms with Gasteiger partial charge in [0.1, 0.15) is 17.5 Å². The summed E-state index contributed by atoms with van der Waals surface area (Å²) in [5.41, 5.74) is 0.899. The first-order valence-electron chi connectivity index (χ1n) is 9.01. The van der Waals surface area contributed by atoms with E-state index in [1.54, 1.807) is 30.7 Å². The minimum atomic E-state index is -0.250. The van der Waals surface area contributed by atoms with Crippen LogP contribution in [0.3, 0.4) is 0 Å². The molecule has 0 radical (unpaired) electrons. The molecule has 9 heteroatoms. The molecule has 0 spiro atoms. The first-order valence-corrected chi connectivity index (χ1v) is 9.42. The Hall–Kier alpha value is -2.91. The molecule has 7 nitrogen and oxygen atoms in total. The highest BCUT2D eigenvalue weighted by Gasteiger charge is 2.18. The standard InChI is InChI=1S/C19H20FN7S/c20-16-4-1-15(2-5-16)3-6-17-23-19(28)27(24-17)14-25-9-11-26(12-10-25)18-13-21-7-8-22-18/h1-8,13H,9-12,14H2,(H,23,24,28)/b6-3+. The van der Waals surface area contributed by atoms with Crippen molar-refractivity contribution >= 4 is 30.2 Å². The zero-order chi connectivity index (χ0) is 19.3. The largest absolute Gasteiger partial charge is 0.353 e. The third-order valence-corrected chi connectivity index (χ3v) is 4.90. The van der Waals surface area contributed by atoms with E-state index < -0.39 is 0 Å². The number of anilines is 1. The number of nitrogens with zero attached hydrogens (tertiary/aromatic N) is 6. The zero-order valence-electron chi connectivity index (χ0n) is 15.2. The second-order valence-corrected chi connectivity index (χ2v) is 6.88. The lowest BCUT2D eigenvalue weighted by atomic mass is 10.2. The number of aromatic amines is 1. The summed E-state index contributed by atoms with van der Waals surface area (Å²) >= 11 is 5.37. The van der Waals surface area contributed by atoms with Crippen LogP contribution in [-0.4, -0.2) is 55.8 Å². The fourth-order valence-electron chi connectivity index (χ4n) is 3.07. The fourth-order valence-corrected chi connectivity index (χ4v) is 3.27. The molecule has 4 rings (SSSR count). The topological polar surface area (TPSA) is 65.9 Å². The summed E-state index contributed by atoms with van der Waals surface area (Å²) in [6, 6.07) is 6.30. The van der Waals surface area contributed by atoms with Gasteiger partial charge in [-0.25, -0.2) is 14.1 Å². The van der Waals surface area contributed by atoms with Crippen LogP contribution in [0.5, 0.6) is 0 Å². The van der Waals surface area contributed by atoms with Crippen molar-refractivity contribution in [2.45, 2.75) is 6.67 Å². The highest BCUT2D eigenvalue weighted by Crippen LogP contribution is 2.12. The minimum absolute atomic E-state index is 0.250. The van der Waals surface area contributed by atoms with Gasteiger partial charge in [-0.05, 0) is 36.0 Å². The van der Waals surface area contributed by atoms with E-state index in [4.69, 9.17) is 12.2 Å². The fraction of sp³-hybridized carbons (Fsp3) is 0.263. The number of hydrogen-bond acceptors (Lipinski definition) is 6. The van der Waals surface area contributed by atoms with Gasteiger partial charge in [0.25, 0.3) is 0 Å². The van der Waals surface area contributed by atoms with E-state index >= 15 is 0 Å². The molecule has 0 bridgehead atoms. The summed E-state index contributed by atoms with van der Waals surface area (Å²) in [5, 5.41) is 3.22. The van der Waals surface area contributed by atoms with Gasteiger partial charge >= 0.3 is 0 Å². The van der Waals surface area contributed by atoms with Gasteiger partial charge in [0.15, 0.2) is 0 Å². The molecule has 0 saturated carbocycles. The lowest BCUT2D eigenvalue weighted by Gasteiger charge is -2.34. The second kappa shape index (κ2) is 8.41. The SMILES string of the molecule is Fc1ccc(/C=C/c2nc(=S)n(CN3CCN(c4cnccn4)CC3)[nH]2)cc1. The molecular formula is C19H20FN7S. The number of H-pyrrole nitrogens is 1. The summed E-state index contributed by atoms with van der Waals surface area (Å²) in [5.74, 6) is 1.33. The van der Waals surface area contributed by atoms with E-state index in [0.29, 0.717) is 17.3 Å². The van der Waals surface area contributed by atoms with Crippen molar-refractivity contribution in [1.29, 1.82) is 0 Å². The van der Waals surface area contributed by atoms with Crippen LogP contribution in [-0.2, 0) is 6.67 Å². The van der Waals surface area contributed by atoms with Crippen LogP contribution in [0.15, 0.2) is 42.9 Å². The quantitative estimate of drug-likeness (QED) is 0.668. The highest BCUT2D eigenvalue weighted by atomic mass is 32.1. The Morgan fingerprint density at radius 2 is 1.86 bits per heavy atom. The van der Waals surface area contributed by atoms with Crippen LogP contribution in [0.1, 0.15) is 11.4 Å². The van der Waals surface area contributed by atoms with Crippen LogP contribution in [0.4, 0.5) is 10.2 Å². The number of hydrogen-bond donors (Lipinski definition) is 1. The molecular weight excluding hydrogens is 377 g/mol. The van der Waals surface area contributed by atoms with Crippen molar-refractivity contribution in [3.8, 4) is 0 Å². The summed E-state index contributed by atoms with van der Waals surface area (Å²) in [7, 11) is 0. The van der Waals surface area contributed by atoms with Crippen molar-refractivity contribution < 1.29 is 4.39 Å². The van der Waals surface area contributed by atoms with E-state index in [0.717, 1.165) is 37.6 Å². The van der Waals surface area contributed by atoms with Crippen molar-refractivity contribution in [1.82, 2.24) is 29.6 Å². The number of halogens is 1. The monoisotopic (exact) mass is 397 g/mol. The zero-order valence-corrected chi connectivity index (χ0v) is 16.0. The molecule has 2 aromatic heterocycles. The maximum Gasteiger partial charge on any atom is 0.217 e. The molecule has 1 aromatic carbocycles. The molecule has 0 unspecified atom stereocenters. The van der Waals surface area contributed by atoms with Crippen LogP contribution in [0.25, 0.3) is 12.2 Å². The van der Waals surface area contributed by atoms with E-state index in [-0.39, 0.29) is 5.82 Å². The molecule has 1 N–H and O–H groups in total. The van der Waals surface area contributed by atoms with Gasteiger partial charge in [0.05, 0.1) is 12.9 Å². The average molecular weight is 397 g/mol. The van der Waals surface area contributed by atoms with Crippen molar-refractivity contribution in [3.63, 3.8) is 0 Å². The lowest BCUT2D eigenvalue weighted by Crippen LogP contribution is -2.47. The summed E-state index contributed by atoms with van der Waals surface area (Å²) in [6.45, 7) is 4.23. The van der Waals surface area contributed by atoms with Gasteiger partial charge in [-0.2, -0.15) is 4.98 Å². The van der Waals surface area contributed by atoms with Gasteiger partial charge < -0.3 is 4.90 Å². The van der Waals surface area contributed by atoms with E-state index in [2.05, 4.69) is 29.9 Å². The van der Waals surface area contributed by atoms with Gasteiger partial charge in [-0.1, -0.05) is 18.2 Å². The lowest BCUT2D eigenvalue weighted by molar-refractivity contribution is 0.194. The minimum Gasteiger partial charge on any atom is -0.353 e. The normalized spacial score (nSPS) is 15.4. The Labute approximate surface area is 167 Å². The summed E-state index contributed by atoms with van der Waals surface area (Å²) in [4.78, 5) is 17.4. The van der Waals surface area contributed by atoms with Gasteiger partial charge in [0, 0.05) is 38.6 Å². The molecule has 1 saturated heterocycles. The van der Waals surface area contributed by atoms with Crippen LogP contribution >= 0.6 is 12.2 Å². The number of benzene rings is 1. The Bertz CT molecular complexity index is 989. The maximum absolute atomic E-state index is 13.0. The Morgan fingerprint density at radius 1 is 1.07 bits per heavy atom. The summed E-state index contributed by atoms with van der Waals surface area (Å²) in [6.07, 6.45) is 8.90. The van der Waals surface area contributed by atoms with Crippen LogP contribution < -0.4 is 4.90 Å². The van der Waals surface area contributed by atoms with E-state index in [9.17, 15) is 4.39 Å². The van der Waals surface area contributed by atoms with Crippen molar-refractivity contribution in [2.75, 3.05) is 31.1 Å². The third kappa shape index (κ3) is 4.49. The molecule has 0 amide bonds. The molecule has 0 aliphatic carbocycles. The molecule has 1 aliphatic rings. The van der Waals surface area contributed by atoms with Gasteiger partial charge in [0.2, 0.25) is 4.77 Å². The molecule has 3 aromatic rings. The van der Waals surface area contributed by atoms with Gasteiger partial charge in [-0.3, -0.25) is 15.0 Å². The van der Waals surface area contributed by atoms with Crippen molar-refractivity contribution in [2.24, 2.45) is 0 Å². The number of piperazine rings is 1.